The summed E-state index contributed by atoms with van der Waals surface area (Å²) in [5.74, 6) is 5.88. The van der Waals surface area contributed by atoms with Gasteiger partial charge in [-0.3, -0.25) is 4.57 Å². The molecule has 2 rings (SSSR count). The fraction of sp³-hybridized carbons (Fsp3) is 0. The van der Waals surface area contributed by atoms with E-state index < -0.39 is 7.60 Å². The second-order valence-electron chi connectivity index (χ2n) is 3.63. The molecule has 0 aromatic heterocycles. The summed E-state index contributed by atoms with van der Waals surface area (Å²) in [6.07, 6.45) is 0. The number of hydrogen-bond donors (Lipinski definition) is 2. The van der Waals surface area contributed by atoms with E-state index in [2.05, 4.69) is 17.9 Å². The van der Waals surface area contributed by atoms with Crippen molar-refractivity contribution in [3.05, 3.63) is 65.7 Å². The van der Waals surface area contributed by atoms with Crippen LogP contribution in [0.4, 0.5) is 0 Å². The molecule has 0 aliphatic rings. The number of rotatable bonds is 1. The maximum absolute atomic E-state index is 11.0. The molecule has 0 heterocycles. The van der Waals surface area contributed by atoms with Crippen molar-refractivity contribution in [1.29, 1.82) is 0 Å². The summed E-state index contributed by atoms with van der Waals surface area (Å²) in [5.41, 5.74) is 1.58. The van der Waals surface area contributed by atoms with E-state index in [1.54, 1.807) is 24.3 Å². The molecule has 0 saturated carbocycles. The minimum absolute atomic E-state index is 0.00219. The maximum atomic E-state index is 11.0. The van der Waals surface area contributed by atoms with E-state index in [0.717, 1.165) is 5.56 Å². The lowest BCUT2D eigenvalue weighted by molar-refractivity contribution is 0.387. The first-order valence-corrected chi connectivity index (χ1v) is 6.81. The van der Waals surface area contributed by atoms with Gasteiger partial charge in [0.2, 0.25) is 0 Å². The molecule has 89 valence electrons. The van der Waals surface area contributed by atoms with Gasteiger partial charge in [0.05, 0.1) is 5.30 Å². The van der Waals surface area contributed by atoms with Crippen LogP contribution in [-0.2, 0) is 4.57 Å². The maximum Gasteiger partial charge on any atom is 0.356 e. The van der Waals surface area contributed by atoms with Crippen LogP contribution in [0.25, 0.3) is 0 Å². The lowest BCUT2D eigenvalue weighted by Gasteiger charge is -2.02. The van der Waals surface area contributed by atoms with Crippen molar-refractivity contribution in [1.82, 2.24) is 0 Å². The molecule has 0 saturated heterocycles. The Labute approximate surface area is 105 Å². The third-order valence-electron chi connectivity index (χ3n) is 2.27. The summed E-state index contributed by atoms with van der Waals surface area (Å²) in [5, 5.41) is 0.00219. The molecule has 0 aliphatic heterocycles. The Morgan fingerprint density at radius 2 is 1.39 bits per heavy atom. The molecular formula is C14H10O3P. The number of benzene rings is 2. The molecule has 2 N–H and O–H groups in total. The average Bonchev–Trinajstić information content (AvgIpc) is 2.37. The highest BCUT2D eigenvalue weighted by atomic mass is 31.2. The molecule has 0 unspecified atom stereocenters. The van der Waals surface area contributed by atoms with Gasteiger partial charge in [0, 0.05) is 11.1 Å². The van der Waals surface area contributed by atoms with Crippen LogP contribution in [0, 0.1) is 17.9 Å². The summed E-state index contributed by atoms with van der Waals surface area (Å²) < 4.78 is 11.0. The molecule has 0 fully saturated rings. The van der Waals surface area contributed by atoms with Crippen LogP contribution in [0.5, 0.6) is 0 Å². The molecule has 0 bridgehead atoms. The van der Waals surface area contributed by atoms with Gasteiger partial charge >= 0.3 is 7.60 Å². The van der Waals surface area contributed by atoms with Crippen LogP contribution in [0.1, 0.15) is 11.1 Å². The average molecular weight is 257 g/mol. The SMILES string of the molecule is O=P(O)(O)c1ccc(C#Cc2cc[c]cc2)cc1. The molecule has 18 heavy (non-hydrogen) atoms. The molecule has 4 heteroatoms. The highest BCUT2D eigenvalue weighted by Crippen LogP contribution is 2.32. The van der Waals surface area contributed by atoms with Crippen LogP contribution < -0.4 is 5.30 Å². The van der Waals surface area contributed by atoms with Gasteiger partial charge in [-0.05, 0) is 42.5 Å². The zero-order valence-electron chi connectivity index (χ0n) is 9.37. The third kappa shape index (κ3) is 3.32. The summed E-state index contributed by atoms with van der Waals surface area (Å²) in [6.45, 7) is 0. The summed E-state index contributed by atoms with van der Waals surface area (Å²) in [7, 11) is -4.17. The van der Waals surface area contributed by atoms with E-state index in [4.69, 9.17) is 9.79 Å². The van der Waals surface area contributed by atoms with Crippen LogP contribution in [0.2, 0.25) is 0 Å². The Bertz CT molecular complexity index is 630. The molecular weight excluding hydrogens is 247 g/mol. The van der Waals surface area contributed by atoms with Crippen molar-refractivity contribution in [2.45, 2.75) is 0 Å². The molecule has 0 atom stereocenters. The molecule has 0 amide bonds. The highest BCUT2D eigenvalue weighted by molar-refractivity contribution is 7.60. The van der Waals surface area contributed by atoms with E-state index in [9.17, 15) is 4.57 Å². The summed E-state index contributed by atoms with van der Waals surface area (Å²) in [4.78, 5) is 17.9. The molecule has 0 spiro atoms. The van der Waals surface area contributed by atoms with Crippen molar-refractivity contribution in [3.8, 4) is 11.8 Å². The van der Waals surface area contributed by atoms with Crippen molar-refractivity contribution >= 4 is 12.9 Å². The molecule has 1 radical (unpaired) electrons. The predicted octanol–water partition coefficient (Wildman–Crippen LogP) is 1.69. The minimum Gasteiger partial charge on any atom is -0.321 e. The lowest BCUT2D eigenvalue weighted by Crippen LogP contribution is -2.02. The Kier molecular flexibility index (Phi) is 3.64. The number of hydrogen-bond acceptors (Lipinski definition) is 1. The Morgan fingerprint density at radius 1 is 0.889 bits per heavy atom. The van der Waals surface area contributed by atoms with Gasteiger partial charge < -0.3 is 9.79 Å². The van der Waals surface area contributed by atoms with Crippen molar-refractivity contribution in [2.75, 3.05) is 0 Å². The van der Waals surface area contributed by atoms with E-state index in [1.807, 2.05) is 12.1 Å². The quantitative estimate of drug-likeness (QED) is 0.603. The summed E-state index contributed by atoms with van der Waals surface area (Å²) in [6, 6.07) is 16.1. The van der Waals surface area contributed by atoms with Crippen LogP contribution in [0.15, 0.2) is 48.5 Å². The second-order valence-corrected chi connectivity index (χ2v) is 5.23. The topological polar surface area (TPSA) is 57.5 Å². The third-order valence-corrected chi connectivity index (χ3v) is 3.24. The predicted molar refractivity (Wildman–Crippen MR) is 69.4 cm³/mol. The first-order valence-electron chi connectivity index (χ1n) is 5.20. The van der Waals surface area contributed by atoms with Crippen LogP contribution in [0.3, 0.4) is 0 Å². The smallest absolute Gasteiger partial charge is 0.321 e. The molecule has 2 aromatic rings. The van der Waals surface area contributed by atoms with E-state index in [0.29, 0.717) is 5.56 Å². The second kappa shape index (κ2) is 5.20. The minimum atomic E-state index is -4.17. The molecule has 2 aromatic carbocycles. The zero-order valence-corrected chi connectivity index (χ0v) is 10.3. The van der Waals surface area contributed by atoms with Crippen LogP contribution >= 0.6 is 7.60 Å². The van der Waals surface area contributed by atoms with E-state index >= 15 is 0 Å². The van der Waals surface area contributed by atoms with Gasteiger partial charge in [0.25, 0.3) is 0 Å². The first kappa shape index (κ1) is 12.6. The van der Waals surface area contributed by atoms with Crippen molar-refractivity contribution in [3.63, 3.8) is 0 Å². The first-order chi connectivity index (χ1) is 8.55. The molecule has 0 aliphatic carbocycles. The van der Waals surface area contributed by atoms with Gasteiger partial charge in [-0.2, -0.15) is 0 Å². The summed E-state index contributed by atoms with van der Waals surface area (Å²) >= 11 is 0. The fourth-order valence-corrected chi connectivity index (χ4v) is 1.89. The fourth-order valence-electron chi connectivity index (χ4n) is 1.35. The van der Waals surface area contributed by atoms with Crippen LogP contribution in [-0.4, -0.2) is 9.79 Å². The van der Waals surface area contributed by atoms with E-state index in [1.165, 1.54) is 12.1 Å². The van der Waals surface area contributed by atoms with Gasteiger partial charge in [0.15, 0.2) is 0 Å². The zero-order chi connectivity index (χ0) is 13.0. The van der Waals surface area contributed by atoms with Gasteiger partial charge in [-0.1, -0.05) is 24.0 Å². The highest BCUT2D eigenvalue weighted by Gasteiger charge is 2.15. The standard InChI is InChI=1S/C14H10O3P/c15-18(16,17)14-10-8-13(9-11-14)7-6-12-4-2-1-3-5-12/h2-5,8-11H,(H2,15,16,17). The van der Waals surface area contributed by atoms with Gasteiger partial charge in [0.1, 0.15) is 0 Å². The normalized spacial score (nSPS) is 10.6. The van der Waals surface area contributed by atoms with Gasteiger partial charge in [-0.15, -0.1) is 0 Å². The van der Waals surface area contributed by atoms with Gasteiger partial charge in [-0.25, -0.2) is 0 Å². The Balaban J connectivity index is 2.22. The van der Waals surface area contributed by atoms with E-state index in [-0.39, 0.29) is 5.30 Å². The largest absolute Gasteiger partial charge is 0.356 e. The lowest BCUT2D eigenvalue weighted by atomic mass is 10.2. The monoisotopic (exact) mass is 257 g/mol. The molecule has 3 nitrogen and oxygen atoms in total. The van der Waals surface area contributed by atoms with Crippen molar-refractivity contribution in [2.24, 2.45) is 0 Å². The Hall–Kier alpha value is -1.85. The Morgan fingerprint density at radius 3 is 1.89 bits per heavy atom. The van der Waals surface area contributed by atoms with Crippen molar-refractivity contribution < 1.29 is 14.4 Å².